The Morgan fingerprint density at radius 1 is 0.837 bits per heavy atom. The Bertz CT molecular complexity index is 1720. The normalized spacial score (nSPS) is 29.7. The highest BCUT2D eigenvalue weighted by Gasteiger charge is 2.68. The van der Waals surface area contributed by atoms with E-state index >= 15 is 0 Å². The molecule has 3 fully saturated rings. The van der Waals surface area contributed by atoms with Gasteiger partial charge in [0.2, 0.25) is 23.6 Å². The van der Waals surface area contributed by atoms with Gasteiger partial charge in [-0.25, -0.2) is 4.90 Å². The lowest BCUT2D eigenvalue weighted by Crippen LogP contribution is -2.49. The average molecular weight is 642 g/mol. The first-order valence-corrected chi connectivity index (χ1v) is 15.1. The monoisotopic (exact) mass is 640 g/mol. The summed E-state index contributed by atoms with van der Waals surface area (Å²) in [5.41, 5.74) is 0.889. The number of nitrogens with zero attached hydrogens (tertiary/aromatic N) is 2. The zero-order valence-electron chi connectivity index (χ0n) is 23.6. The van der Waals surface area contributed by atoms with Crippen molar-refractivity contribution < 1.29 is 29.0 Å². The lowest BCUT2D eigenvalue weighted by atomic mass is 9.51. The van der Waals surface area contributed by atoms with Gasteiger partial charge in [-0.3, -0.25) is 24.1 Å². The lowest BCUT2D eigenvalue weighted by Gasteiger charge is -2.49. The number of carbonyl (C=O) groups excluding carboxylic acids is 4. The zero-order valence-corrected chi connectivity index (χ0v) is 25.2. The van der Waals surface area contributed by atoms with Gasteiger partial charge in [-0.15, -0.1) is 0 Å². The highest BCUT2D eigenvalue weighted by atomic mass is 79.9. The number of allylic oxidation sites excluding steroid dienone is 2. The SMILES string of the molecule is COc1cccc(O)c1C1C2=CCC3C(=O)N(c4ccc(Br)cc4)C(=O)C3C2CC2C(=O)N(c3ccccc3)C(=O)C21C. The zero-order chi connectivity index (χ0) is 30.2. The molecule has 3 aromatic rings. The third-order valence-corrected chi connectivity index (χ3v) is 10.5. The summed E-state index contributed by atoms with van der Waals surface area (Å²) >= 11 is 3.41. The average Bonchev–Trinajstić information content (AvgIpc) is 3.38. The molecule has 7 rings (SSSR count). The van der Waals surface area contributed by atoms with Crippen molar-refractivity contribution in [1.29, 1.82) is 0 Å². The number of anilines is 2. The second-order valence-electron chi connectivity index (χ2n) is 11.9. The van der Waals surface area contributed by atoms with Gasteiger partial charge >= 0.3 is 0 Å². The van der Waals surface area contributed by atoms with E-state index in [1.807, 2.05) is 12.1 Å². The predicted octanol–water partition coefficient (Wildman–Crippen LogP) is 5.60. The number of aromatic hydroxyl groups is 1. The molecule has 6 unspecified atom stereocenters. The number of hydrogen-bond acceptors (Lipinski definition) is 6. The number of phenolic OH excluding ortho intramolecular Hbond substituents is 1. The fourth-order valence-corrected chi connectivity index (χ4v) is 8.26. The van der Waals surface area contributed by atoms with E-state index < -0.39 is 35.0 Å². The van der Waals surface area contributed by atoms with Crippen LogP contribution in [0.1, 0.15) is 31.2 Å². The molecule has 9 heteroatoms. The molecule has 4 aliphatic rings. The van der Waals surface area contributed by atoms with Crippen molar-refractivity contribution >= 4 is 50.9 Å². The summed E-state index contributed by atoms with van der Waals surface area (Å²) in [5, 5.41) is 11.3. The Morgan fingerprint density at radius 2 is 1.53 bits per heavy atom. The molecule has 2 aliphatic heterocycles. The number of hydrogen-bond donors (Lipinski definition) is 1. The number of methoxy groups -OCH3 is 1. The Labute approximate surface area is 257 Å². The number of rotatable bonds is 4. The van der Waals surface area contributed by atoms with Crippen molar-refractivity contribution in [1.82, 2.24) is 0 Å². The number of phenols is 1. The summed E-state index contributed by atoms with van der Waals surface area (Å²) in [6, 6.07) is 20.8. The van der Waals surface area contributed by atoms with Crippen LogP contribution in [0.15, 0.2) is 88.9 Å². The minimum atomic E-state index is -1.27. The molecule has 0 spiro atoms. The van der Waals surface area contributed by atoms with E-state index in [1.165, 1.54) is 16.9 Å². The smallest absolute Gasteiger partial charge is 0.241 e. The van der Waals surface area contributed by atoms with Gasteiger partial charge in [0.05, 0.1) is 41.7 Å². The molecule has 218 valence electrons. The highest BCUT2D eigenvalue weighted by Crippen LogP contribution is 2.65. The Kier molecular flexibility index (Phi) is 6.36. The molecule has 4 amide bonds. The second kappa shape index (κ2) is 9.91. The topological polar surface area (TPSA) is 104 Å². The third-order valence-electron chi connectivity index (χ3n) is 9.93. The van der Waals surface area contributed by atoms with E-state index in [-0.39, 0.29) is 35.8 Å². The van der Waals surface area contributed by atoms with E-state index in [9.17, 15) is 24.3 Å². The van der Waals surface area contributed by atoms with Gasteiger partial charge in [-0.05, 0) is 74.2 Å². The van der Waals surface area contributed by atoms with E-state index in [2.05, 4.69) is 15.9 Å². The van der Waals surface area contributed by atoms with Gasteiger partial charge in [-0.1, -0.05) is 51.8 Å². The van der Waals surface area contributed by atoms with Crippen LogP contribution in [0.2, 0.25) is 0 Å². The molecule has 8 nitrogen and oxygen atoms in total. The molecule has 1 saturated carbocycles. The molecule has 2 saturated heterocycles. The van der Waals surface area contributed by atoms with Gasteiger partial charge in [0.15, 0.2) is 0 Å². The van der Waals surface area contributed by atoms with Crippen molar-refractivity contribution in [3.63, 3.8) is 0 Å². The van der Waals surface area contributed by atoms with Gasteiger partial charge in [-0.2, -0.15) is 0 Å². The number of amides is 4. The summed E-state index contributed by atoms with van der Waals surface area (Å²) in [4.78, 5) is 59.1. The summed E-state index contributed by atoms with van der Waals surface area (Å²) in [6.45, 7) is 1.79. The summed E-state index contributed by atoms with van der Waals surface area (Å²) < 4.78 is 6.53. The predicted molar refractivity (Wildman–Crippen MR) is 162 cm³/mol. The number of benzene rings is 3. The minimum Gasteiger partial charge on any atom is -0.508 e. The van der Waals surface area contributed by atoms with Crippen LogP contribution < -0.4 is 14.5 Å². The van der Waals surface area contributed by atoms with Crippen LogP contribution in [-0.2, 0) is 19.2 Å². The Balaban J connectivity index is 1.40. The molecule has 3 aromatic carbocycles. The van der Waals surface area contributed by atoms with Gasteiger partial charge < -0.3 is 9.84 Å². The van der Waals surface area contributed by atoms with Crippen LogP contribution >= 0.6 is 15.9 Å². The van der Waals surface area contributed by atoms with Crippen molar-refractivity contribution in [2.75, 3.05) is 16.9 Å². The number of halogens is 1. The largest absolute Gasteiger partial charge is 0.508 e. The first-order valence-electron chi connectivity index (χ1n) is 14.3. The standard InChI is InChI=1S/C34H29BrN2O6/c1-34-24(31(40)37(33(34)42)19-7-4-3-5-8-19)17-23-21(29(34)28-25(38)9-6-10-26(28)43-2)15-16-22-27(23)32(41)36(30(22)39)20-13-11-18(35)12-14-20/h3-15,22-24,27,29,38H,16-17H2,1-2H3. The molecule has 0 bridgehead atoms. The summed E-state index contributed by atoms with van der Waals surface area (Å²) in [6.07, 6.45) is 2.51. The molecule has 43 heavy (non-hydrogen) atoms. The summed E-state index contributed by atoms with van der Waals surface area (Å²) in [5.74, 6) is -4.29. The minimum absolute atomic E-state index is 0.0586. The fourth-order valence-electron chi connectivity index (χ4n) is 7.99. The van der Waals surface area contributed by atoms with Crippen LogP contribution in [-0.4, -0.2) is 35.8 Å². The summed E-state index contributed by atoms with van der Waals surface area (Å²) in [7, 11) is 1.50. The number of ether oxygens (including phenoxy) is 1. The van der Waals surface area contributed by atoms with Crippen molar-refractivity contribution in [3.8, 4) is 11.5 Å². The molecular weight excluding hydrogens is 612 g/mol. The van der Waals surface area contributed by atoms with E-state index in [4.69, 9.17) is 4.74 Å². The van der Waals surface area contributed by atoms with Crippen LogP contribution in [0.3, 0.4) is 0 Å². The molecule has 6 atom stereocenters. The van der Waals surface area contributed by atoms with Crippen molar-refractivity contribution in [3.05, 3.63) is 94.5 Å². The van der Waals surface area contributed by atoms with E-state index in [0.717, 1.165) is 10.0 Å². The number of fused-ring (bicyclic) bond motifs is 4. The maximum atomic E-state index is 14.5. The molecule has 0 aromatic heterocycles. The molecule has 2 aliphatic carbocycles. The van der Waals surface area contributed by atoms with Crippen LogP contribution in [0.5, 0.6) is 11.5 Å². The van der Waals surface area contributed by atoms with Gasteiger partial charge in [0, 0.05) is 16.0 Å². The Morgan fingerprint density at radius 3 is 2.23 bits per heavy atom. The first kappa shape index (κ1) is 27.6. The van der Waals surface area contributed by atoms with Gasteiger partial charge in [0.1, 0.15) is 11.5 Å². The highest BCUT2D eigenvalue weighted by molar-refractivity contribution is 9.10. The molecule has 2 heterocycles. The molecule has 0 radical (unpaired) electrons. The number of carbonyl (C=O) groups is 4. The number of imide groups is 2. The Hall–Kier alpha value is -4.24. The van der Waals surface area contributed by atoms with Crippen molar-refractivity contribution in [2.45, 2.75) is 25.7 Å². The molecular formula is C34H29BrN2O6. The van der Waals surface area contributed by atoms with Crippen LogP contribution in [0, 0.1) is 29.1 Å². The van der Waals surface area contributed by atoms with E-state index in [1.54, 1.807) is 73.7 Å². The second-order valence-corrected chi connectivity index (χ2v) is 12.8. The van der Waals surface area contributed by atoms with Crippen molar-refractivity contribution in [2.24, 2.45) is 29.1 Å². The third kappa shape index (κ3) is 3.80. The van der Waals surface area contributed by atoms with Crippen LogP contribution in [0.4, 0.5) is 11.4 Å². The lowest BCUT2D eigenvalue weighted by molar-refractivity contribution is -0.131. The van der Waals surface area contributed by atoms with Crippen LogP contribution in [0.25, 0.3) is 0 Å². The molecule has 1 N–H and O–H groups in total. The maximum absolute atomic E-state index is 14.5. The first-order chi connectivity index (χ1) is 20.7. The van der Waals surface area contributed by atoms with Gasteiger partial charge in [0.25, 0.3) is 0 Å². The number of para-hydroxylation sites is 1. The fraction of sp³-hybridized carbons (Fsp3) is 0.294. The van der Waals surface area contributed by atoms with E-state index in [0.29, 0.717) is 29.1 Å². The quantitative estimate of drug-likeness (QED) is 0.294. The maximum Gasteiger partial charge on any atom is 0.241 e.